The molecule has 6 aromatic rings. The lowest BCUT2D eigenvalue weighted by Gasteiger charge is -2.19. The predicted molar refractivity (Wildman–Crippen MR) is 172 cm³/mol. The molecule has 0 saturated heterocycles. The van der Waals surface area contributed by atoms with E-state index in [0.717, 1.165) is 21.7 Å². The Hall–Kier alpha value is -5.30. The fraction of sp³-hybridized carbons (Fsp3) is 0.219. The van der Waals surface area contributed by atoms with Crippen LogP contribution in [0, 0.1) is 0 Å². The topological polar surface area (TPSA) is 157 Å². The third kappa shape index (κ3) is 7.10. The van der Waals surface area contributed by atoms with Crippen LogP contribution in [0.15, 0.2) is 84.9 Å². The summed E-state index contributed by atoms with van der Waals surface area (Å²) in [6.45, 7) is 5.88. The van der Waals surface area contributed by atoms with Crippen LogP contribution >= 0.6 is 0 Å². The highest BCUT2D eigenvalue weighted by atomic mass is 32.2. The zero-order valence-electron chi connectivity index (χ0n) is 25.0. The minimum Gasteiger partial charge on any atom is -0.444 e. The Labute approximate surface area is 259 Å². The number of carbonyl (C=O) groups excluding carboxylic acids is 1. The Morgan fingerprint density at radius 2 is 1.73 bits per heavy atom. The van der Waals surface area contributed by atoms with Gasteiger partial charge in [0, 0.05) is 11.1 Å². The van der Waals surface area contributed by atoms with E-state index in [1.807, 2.05) is 77.4 Å². The number of benzene rings is 3. The van der Waals surface area contributed by atoms with Crippen molar-refractivity contribution in [1.29, 1.82) is 0 Å². The number of H-pyrrole nitrogens is 1. The summed E-state index contributed by atoms with van der Waals surface area (Å²) in [6, 6.07) is 26.2. The number of fused-ring (bicyclic) bond motifs is 2. The molecule has 12 nitrogen and oxygen atoms in total. The molecule has 45 heavy (non-hydrogen) atoms. The maximum Gasteiger partial charge on any atom is 0.407 e. The fourth-order valence-electron chi connectivity index (χ4n) is 5.12. The standard InChI is InChI=1S/C32H32N8O4S/c1-32(2,3)44-31(41)33-18-25-14-13-23-17-28(29-35-38-39-36-29)40(30(23)34-25)19-24-16-26(15-22-11-7-8-12-27(22)24)37-45(42,43)20-21-9-5-4-6-10-21/h4-17,37H,18-20H2,1-3H3,(H,33,41)(H,35,36,38,39). The van der Waals surface area contributed by atoms with Gasteiger partial charge < -0.3 is 14.6 Å². The molecule has 0 radical (unpaired) electrons. The average Bonchev–Trinajstić information content (AvgIpc) is 3.64. The monoisotopic (exact) mass is 624 g/mol. The lowest BCUT2D eigenvalue weighted by Crippen LogP contribution is -2.32. The number of hydrogen-bond donors (Lipinski definition) is 3. The minimum absolute atomic E-state index is 0.149. The van der Waals surface area contributed by atoms with Crippen molar-refractivity contribution >= 4 is 43.6 Å². The smallest absolute Gasteiger partial charge is 0.407 e. The number of sulfonamides is 1. The second kappa shape index (κ2) is 12.0. The lowest BCUT2D eigenvalue weighted by molar-refractivity contribution is 0.0523. The number of pyridine rings is 1. The van der Waals surface area contributed by atoms with E-state index >= 15 is 0 Å². The van der Waals surface area contributed by atoms with Gasteiger partial charge in [-0.25, -0.2) is 18.2 Å². The zero-order valence-corrected chi connectivity index (χ0v) is 25.8. The molecule has 0 saturated carbocycles. The number of nitrogens with zero attached hydrogens (tertiary/aromatic N) is 5. The number of rotatable bonds is 9. The molecule has 0 unspecified atom stereocenters. The molecule has 0 atom stereocenters. The van der Waals surface area contributed by atoms with Crippen molar-refractivity contribution in [3.63, 3.8) is 0 Å². The molecule has 0 aliphatic heterocycles. The van der Waals surface area contributed by atoms with Crippen LogP contribution in [0.2, 0.25) is 0 Å². The van der Waals surface area contributed by atoms with E-state index in [9.17, 15) is 13.2 Å². The van der Waals surface area contributed by atoms with Crippen LogP contribution in [0.25, 0.3) is 33.3 Å². The number of hydrogen-bond acceptors (Lipinski definition) is 8. The molecular formula is C32H32N8O4S. The van der Waals surface area contributed by atoms with Crippen molar-refractivity contribution < 1.29 is 17.9 Å². The zero-order chi connectivity index (χ0) is 31.6. The molecule has 3 aromatic heterocycles. The van der Waals surface area contributed by atoms with Crippen molar-refractivity contribution in [2.45, 2.75) is 45.2 Å². The molecule has 3 N–H and O–H groups in total. The maximum absolute atomic E-state index is 13.1. The van der Waals surface area contributed by atoms with Crippen LogP contribution in [0.4, 0.5) is 10.5 Å². The van der Waals surface area contributed by atoms with Crippen LogP contribution in [0.5, 0.6) is 0 Å². The van der Waals surface area contributed by atoms with Gasteiger partial charge in [0.25, 0.3) is 0 Å². The largest absolute Gasteiger partial charge is 0.444 e. The molecule has 3 aromatic carbocycles. The summed E-state index contributed by atoms with van der Waals surface area (Å²) in [5, 5.41) is 20.1. The van der Waals surface area contributed by atoms with Gasteiger partial charge in [0.15, 0.2) is 0 Å². The summed E-state index contributed by atoms with van der Waals surface area (Å²) in [6.07, 6.45) is -0.537. The summed E-state index contributed by atoms with van der Waals surface area (Å²) >= 11 is 0. The first-order valence-electron chi connectivity index (χ1n) is 14.3. The first kappa shape index (κ1) is 29.8. The van der Waals surface area contributed by atoms with E-state index in [-0.39, 0.29) is 12.3 Å². The second-order valence-corrected chi connectivity index (χ2v) is 13.3. The molecule has 13 heteroatoms. The number of aromatic nitrogens is 6. The normalized spacial score (nSPS) is 12.0. The van der Waals surface area contributed by atoms with E-state index in [0.29, 0.717) is 40.7 Å². The number of carbonyl (C=O) groups is 1. The lowest BCUT2D eigenvalue weighted by atomic mass is 10.0. The second-order valence-electron chi connectivity index (χ2n) is 11.6. The van der Waals surface area contributed by atoms with Gasteiger partial charge in [-0.2, -0.15) is 5.21 Å². The van der Waals surface area contributed by atoms with Crippen molar-refractivity contribution in [2.75, 3.05) is 4.72 Å². The van der Waals surface area contributed by atoms with Crippen LogP contribution in [-0.4, -0.2) is 50.3 Å². The van der Waals surface area contributed by atoms with Crippen molar-refractivity contribution in [2.24, 2.45) is 0 Å². The fourth-order valence-corrected chi connectivity index (χ4v) is 6.30. The number of alkyl carbamates (subject to hydrolysis) is 1. The summed E-state index contributed by atoms with van der Waals surface area (Å²) in [5.41, 5.74) is 3.31. The molecule has 0 aliphatic rings. The number of nitrogens with one attached hydrogen (secondary N) is 3. The number of tetrazole rings is 1. The highest BCUT2D eigenvalue weighted by Crippen LogP contribution is 2.30. The van der Waals surface area contributed by atoms with Gasteiger partial charge in [0.2, 0.25) is 15.8 Å². The summed E-state index contributed by atoms with van der Waals surface area (Å²) in [4.78, 5) is 17.2. The van der Waals surface area contributed by atoms with Gasteiger partial charge in [-0.3, -0.25) is 4.72 Å². The highest BCUT2D eigenvalue weighted by molar-refractivity contribution is 7.91. The summed E-state index contributed by atoms with van der Waals surface area (Å²) in [5.74, 6) is 0.231. The van der Waals surface area contributed by atoms with Crippen LogP contribution < -0.4 is 10.0 Å². The van der Waals surface area contributed by atoms with Gasteiger partial charge in [0.05, 0.1) is 30.2 Å². The molecule has 0 bridgehead atoms. The number of aromatic amines is 1. The first-order valence-corrected chi connectivity index (χ1v) is 15.9. The number of amides is 1. The number of anilines is 1. The molecule has 0 spiro atoms. The van der Waals surface area contributed by atoms with Crippen molar-refractivity contribution in [3.05, 3.63) is 102 Å². The average molecular weight is 625 g/mol. The summed E-state index contributed by atoms with van der Waals surface area (Å²) < 4.78 is 36.4. The van der Waals surface area contributed by atoms with Crippen molar-refractivity contribution in [1.82, 2.24) is 35.5 Å². The third-order valence-electron chi connectivity index (χ3n) is 6.94. The van der Waals surface area contributed by atoms with E-state index in [2.05, 4.69) is 30.7 Å². The van der Waals surface area contributed by atoms with Gasteiger partial charge in [0.1, 0.15) is 11.2 Å². The highest BCUT2D eigenvalue weighted by Gasteiger charge is 2.20. The maximum atomic E-state index is 13.1. The van der Waals surface area contributed by atoms with E-state index in [4.69, 9.17) is 9.72 Å². The van der Waals surface area contributed by atoms with Crippen LogP contribution in [-0.2, 0) is 33.6 Å². The third-order valence-corrected chi connectivity index (χ3v) is 8.20. The Morgan fingerprint density at radius 3 is 2.49 bits per heavy atom. The SMILES string of the molecule is CC(C)(C)OC(=O)NCc1ccc2cc(-c3nn[nH]n3)n(Cc3cc(NS(=O)(=O)Cc4ccccc4)cc4ccccc34)c2n1. The quantitative estimate of drug-likeness (QED) is 0.193. The van der Waals surface area contributed by atoms with Crippen LogP contribution in [0.1, 0.15) is 37.6 Å². The molecule has 0 fully saturated rings. The minimum atomic E-state index is -3.69. The first-order chi connectivity index (χ1) is 21.5. The van der Waals surface area contributed by atoms with E-state index in [1.54, 1.807) is 32.9 Å². The molecular weight excluding hydrogens is 592 g/mol. The molecule has 1 amide bonds. The Morgan fingerprint density at radius 1 is 0.956 bits per heavy atom. The Kier molecular flexibility index (Phi) is 7.94. The van der Waals surface area contributed by atoms with Gasteiger partial charge >= 0.3 is 6.09 Å². The van der Waals surface area contributed by atoms with Crippen molar-refractivity contribution in [3.8, 4) is 11.5 Å². The molecule has 3 heterocycles. The molecule has 230 valence electrons. The number of ether oxygens (including phenoxy) is 1. The Bertz CT molecular complexity index is 2090. The summed E-state index contributed by atoms with van der Waals surface area (Å²) in [7, 11) is -3.69. The van der Waals surface area contributed by atoms with E-state index in [1.165, 1.54) is 0 Å². The van der Waals surface area contributed by atoms with Gasteiger partial charge in [-0.1, -0.05) is 54.6 Å². The predicted octanol–water partition coefficient (Wildman–Crippen LogP) is 5.38. The van der Waals surface area contributed by atoms with Gasteiger partial charge in [-0.05, 0) is 78.2 Å². The molecule has 6 rings (SSSR count). The Balaban J connectivity index is 1.38. The molecule has 0 aliphatic carbocycles. The van der Waals surface area contributed by atoms with E-state index < -0.39 is 21.7 Å². The van der Waals surface area contributed by atoms with Crippen LogP contribution in [0.3, 0.4) is 0 Å². The van der Waals surface area contributed by atoms with Gasteiger partial charge in [-0.15, -0.1) is 10.2 Å².